The molecule has 0 saturated carbocycles. The van der Waals surface area contributed by atoms with Crippen LogP contribution in [0.5, 0.6) is 5.75 Å². The predicted octanol–water partition coefficient (Wildman–Crippen LogP) is 3.41. The normalized spacial score (nSPS) is 18.9. The predicted molar refractivity (Wildman–Crippen MR) is 111 cm³/mol. The molecule has 9 heteroatoms. The van der Waals surface area contributed by atoms with Crippen molar-refractivity contribution >= 4 is 24.4 Å². The Morgan fingerprint density at radius 1 is 1.03 bits per heavy atom. The number of hydrogen-bond acceptors (Lipinski definition) is 6. The lowest BCUT2D eigenvalue weighted by molar-refractivity contribution is -0.384. The quantitative estimate of drug-likeness (QED) is 0.438. The van der Waals surface area contributed by atoms with Gasteiger partial charge in [0.15, 0.2) is 0 Å². The first-order chi connectivity index (χ1) is 14.1. The lowest BCUT2D eigenvalue weighted by atomic mass is 9.78. The second kappa shape index (κ2) is 7.10. The molecule has 0 radical (unpaired) electrons. The Hall–Kier alpha value is -2.91. The van der Waals surface area contributed by atoms with E-state index in [-0.39, 0.29) is 11.4 Å². The van der Waals surface area contributed by atoms with Gasteiger partial charge in [-0.2, -0.15) is 0 Å². The van der Waals surface area contributed by atoms with Gasteiger partial charge in [0.1, 0.15) is 5.75 Å². The number of nitro groups is 1. The van der Waals surface area contributed by atoms with E-state index >= 15 is 0 Å². The van der Waals surface area contributed by atoms with E-state index in [1.54, 1.807) is 4.90 Å². The van der Waals surface area contributed by atoms with Gasteiger partial charge in [-0.15, -0.1) is 0 Å². The molecule has 8 nitrogen and oxygen atoms in total. The van der Waals surface area contributed by atoms with Crippen LogP contribution >= 0.6 is 0 Å². The van der Waals surface area contributed by atoms with Gasteiger partial charge in [0.25, 0.3) is 5.69 Å². The molecule has 30 heavy (non-hydrogen) atoms. The van der Waals surface area contributed by atoms with E-state index in [2.05, 4.69) is 0 Å². The maximum absolute atomic E-state index is 12.5. The van der Waals surface area contributed by atoms with Gasteiger partial charge in [0, 0.05) is 25.2 Å². The summed E-state index contributed by atoms with van der Waals surface area (Å²) in [5.74, 6) is 0.263. The van der Waals surface area contributed by atoms with Gasteiger partial charge in [0.05, 0.1) is 16.1 Å². The Morgan fingerprint density at radius 2 is 1.63 bits per heavy atom. The summed E-state index contributed by atoms with van der Waals surface area (Å²) in [7, 11) is -0.457. The maximum Gasteiger partial charge on any atom is 0.494 e. The number of non-ortho nitro benzene ring substituents is 1. The van der Waals surface area contributed by atoms with Crippen LogP contribution in [0.3, 0.4) is 0 Å². The van der Waals surface area contributed by atoms with Crippen LogP contribution in [-0.2, 0) is 22.4 Å². The van der Waals surface area contributed by atoms with Crippen molar-refractivity contribution in [3.63, 3.8) is 0 Å². The minimum Gasteiger partial charge on any atom is -0.410 e. The fourth-order valence-electron chi connectivity index (χ4n) is 3.47. The molecule has 2 aromatic carbocycles. The molecule has 0 spiro atoms. The minimum absolute atomic E-state index is 0.0568. The van der Waals surface area contributed by atoms with E-state index in [0.717, 1.165) is 16.6 Å². The van der Waals surface area contributed by atoms with E-state index in [1.165, 1.54) is 24.3 Å². The van der Waals surface area contributed by atoms with Crippen LogP contribution in [0.2, 0.25) is 0 Å². The van der Waals surface area contributed by atoms with Crippen LogP contribution < -0.4 is 10.2 Å². The zero-order valence-electron chi connectivity index (χ0n) is 17.4. The third-order valence-corrected chi connectivity index (χ3v) is 5.99. The van der Waals surface area contributed by atoms with E-state index in [0.29, 0.717) is 13.1 Å². The lowest BCUT2D eigenvalue weighted by Crippen LogP contribution is -2.41. The molecule has 0 aliphatic carbocycles. The topological polar surface area (TPSA) is 91.1 Å². The Balaban J connectivity index is 1.43. The smallest absolute Gasteiger partial charge is 0.410 e. The monoisotopic (exact) mass is 410 g/mol. The van der Waals surface area contributed by atoms with Crippen molar-refractivity contribution in [1.29, 1.82) is 0 Å². The van der Waals surface area contributed by atoms with Crippen LogP contribution in [0.15, 0.2) is 42.5 Å². The molecule has 1 saturated heterocycles. The molecule has 0 N–H and O–H groups in total. The molecule has 4 rings (SSSR count). The number of amides is 1. The van der Waals surface area contributed by atoms with Crippen molar-refractivity contribution in [2.75, 3.05) is 0 Å². The van der Waals surface area contributed by atoms with Gasteiger partial charge < -0.3 is 14.0 Å². The van der Waals surface area contributed by atoms with Gasteiger partial charge in [-0.3, -0.25) is 15.0 Å². The average molecular weight is 410 g/mol. The summed E-state index contributed by atoms with van der Waals surface area (Å²) >= 11 is 0. The highest BCUT2D eigenvalue weighted by molar-refractivity contribution is 6.62. The number of carbonyl (C=O) groups excluding carboxylic acids is 1. The third kappa shape index (κ3) is 3.66. The number of hydrogen-bond donors (Lipinski definition) is 0. The molecule has 2 heterocycles. The van der Waals surface area contributed by atoms with E-state index in [4.69, 9.17) is 14.0 Å². The van der Waals surface area contributed by atoms with Crippen LogP contribution in [0.25, 0.3) is 0 Å². The second-order valence-electron chi connectivity index (χ2n) is 8.59. The summed E-state index contributed by atoms with van der Waals surface area (Å²) < 4.78 is 17.6. The maximum atomic E-state index is 12.5. The second-order valence-corrected chi connectivity index (χ2v) is 8.59. The van der Waals surface area contributed by atoms with Crippen molar-refractivity contribution in [3.05, 3.63) is 63.7 Å². The first-order valence-electron chi connectivity index (χ1n) is 9.74. The third-order valence-electron chi connectivity index (χ3n) is 5.99. The molecule has 1 fully saturated rings. The molecule has 0 unspecified atom stereocenters. The molecule has 1 amide bonds. The molecule has 0 aromatic heterocycles. The summed E-state index contributed by atoms with van der Waals surface area (Å²) in [6.07, 6.45) is -0.503. The number of nitrogens with zero attached hydrogens (tertiary/aromatic N) is 2. The molecule has 2 aromatic rings. The highest BCUT2D eigenvalue weighted by Gasteiger charge is 2.51. The van der Waals surface area contributed by atoms with Crippen molar-refractivity contribution < 1.29 is 23.8 Å². The number of benzene rings is 2. The van der Waals surface area contributed by atoms with Gasteiger partial charge >= 0.3 is 13.2 Å². The van der Waals surface area contributed by atoms with Gasteiger partial charge in [-0.05, 0) is 56.4 Å². The highest BCUT2D eigenvalue weighted by Crippen LogP contribution is 2.36. The minimum atomic E-state index is -0.503. The zero-order chi connectivity index (χ0) is 21.7. The molecule has 2 aliphatic heterocycles. The van der Waals surface area contributed by atoms with Crippen LogP contribution in [0.4, 0.5) is 10.5 Å². The van der Waals surface area contributed by atoms with E-state index < -0.39 is 29.3 Å². The van der Waals surface area contributed by atoms with Gasteiger partial charge in [-0.1, -0.05) is 18.2 Å². The molecular weight excluding hydrogens is 387 g/mol. The number of fused-ring (bicyclic) bond motifs is 1. The fourth-order valence-corrected chi connectivity index (χ4v) is 3.47. The fraction of sp³-hybridized carbons (Fsp3) is 0.381. The summed E-state index contributed by atoms with van der Waals surface area (Å²) in [6.45, 7) is 8.89. The largest absolute Gasteiger partial charge is 0.494 e. The Morgan fingerprint density at radius 3 is 2.23 bits per heavy atom. The number of ether oxygens (including phenoxy) is 1. The standard InChI is InChI=1S/C21H23BN2O6/c1-20(2)21(3,4)30-22(29-20)16-6-5-14-12-23(13-15(14)11-16)19(25)28-18-9-7-17(8-10-18)24(26)27/h5-11H,12-13H2,1-4H3. The van der Waals surface area contributed by atoms with Crippen molar-refractivity contribution in [1.82, 2.24) is 4.90 Å². The summed E-state index contributed by atoms with van der Waals surface area (Å²) in [6, 6.07) is 11.4. The Labute approximate surface area is 175 Å². The average Bonchev–Trinajstić information content (AvgIpc) is 3.19. The first kappa shape index (κ1) is 20.4. The molecule has 156 valence electrons. The van der Waals surface area contributed by atoms with Crippen LogP contribution in [-0.4, -0.2) is 34.2 Å². The van der Waals surface area contributed by atoms with E-state index in [9.17, 15) is 14.9 Å². The summed E-state index contributed by atoms with van der Waals surface area (Å²) in [4.78, 5) is 24.4. The summed E-state index contributed by atoms with van der Waals surface area (Å²) in [5.41, 5.74) is 2.07. The first-order valence-corrected chi connectivity index (χ1v) is 9.74. The Kier molecular flexibility index (Phi) is 4.82. The molecular formula is C21H23BN2O6. The van der Waals surface area contributed by atoms with Crippen molar-refractivity contribution in [2.45, 2.75) is 52.0 Å². The lowest BCUT2D eigenvalue weighted by Gasteiger charge is -2.32. The number of nitro benzene ring substituents is 1. The van der Waals surface area contributed by atoms with Crippen molar-refractivity contribution in [3.8, 4) is 5.75 Å². The highest BCUT2D eigenvalue weighted by atomic mass is 16.7. The van der Waals surface area contributed by atoms with Gasteiger partial charge in [-0.25, -0.2) is 4.79 Å². The van der Waals surface area contributed by atoms with Crippen molar-refractivity contribution in [2.24, 2.45) is 0 Å². The SMILES string of the molecule is CC1(C)OB(c2ccc3c(c2)CN(C(=O)Oc2ccc([N+](=O)[O-])cc2)C3)OC1(C)C. The molecule has 2 aliphatic rings. The zero-order valence-corrected chi connectivity index (χ0v) is 17.4. The number of rotatable bonds is 3. The Bertz CT molecular complexity index is 989. The molecule has 0 bridgehead atoms. The summed E-state index contributed by atoms with van der Waals surface area (Å²) in [5, 5.41) is 10.7. The van der Waals surface area contributed by atoms with Gasteiger partial charge in [0.2, 0.25) is 0 Å². The molecule has 0 atom stereocenters. The van der Waals surface area contributed by atoms with E-state index in [1.807, 2.05) is 45.9 Å². The van der Waals surface area contributed by atoms with Crippen LogP contribution in [0.1, 0.15) is 38.8 Å². The number of carbonyl (C=O) groups is 1. The van der Waals surface area contributed by atoms with Crippen LogP contribution in [0, 0.1) is 10.1 Å².